The highest BCUT2D eigenvalue weighted by Gasteiger charge is 2.09. The summed E-state index contributed by atoms with van der Waals surface area (Å²) in [5, 5.41) is 4.40. The van der Waals surface area contributed by atoms with Gasteiger partial charge in [0.1, 0.15) is 0 Å². The van der Waals surface area contributed by atoms with Crippen LogP contribution in [-0.4, -0.2) is 17.0 Å². The van der Waals surface area contributed by atoms with Crippen LogP contribution in [0.3, 0.4) is 0 Å². The van der Waals surface area contributed by atoms with Crippen LogP contribution in [0.5, 0.6) is 0 Å². The van der Waals surface area contributed by atoms with Crippen LogP contribution in [0.15, 0.2) is 30.5 Å². The van der Waals surface area contributed by atoms with Gasteiger partial charge in [0.05, 0.1) is 0 Å². The number of amides is 1. The molecule has 1 aliphatic rings. The third kappa shape index (κ3) is 3.70. The Bertz CT molecular complexity index is 629. The molecule has 1 aromatic carbocycles. The lowest BCUT2D eigenvalue weighted by molar-refractivity contribution is -0.121. The van der Waals surface area contributed by atoms with Crippen LogP contribution >= 0.6 is 0 Å². The average Bonchev–Trinajstić information content (AvgIpc) is 2.87. The van der Waals surface area contributed by atoms with Crippen molar-refractivity contribution in [2.75, 3.05) is 6.54 Å². The molecule has 22 heavy (non-hydrogen) atoms. The summed E-state index contributed by atoms with van der Waals surface area (Å²) >= 11 is 0. The lowest BCUT2D eigenvalue weighted by Crippen LogP contribution is -2.25. The van der Waals surface area contributed by atoms with Crippen LogP contribution in [0.1, 0.15) is 50.5 Å². The minimum absolute atomic E-state index is 0.207. The van der Waals surface area contributed by atoms with Gasteiger partial charge < -0.3 is 9.88 Å². The zero-order valence-electron chi connectivity index (χ0n) is 13.3. The second-order valence-electron chi connectivity index (χ2n) is 6.34. The topological polar surface area (TPSA) is 34.0 Å². The van der Waals surface area contributed by atoms with Crippen molar-refractivity contribution in [3.63, 3.8) is 0 Å². The molecule has 0 saturated heterocycles. The van der Waals surface area contributed by atoms with Crippen molar-refractivity contribution in [2.24, 2.45) is 0 Å². The number of nitrogens with one attached hydrogen (secondary N) is 1. The molecule has 3 heteroatoms. The minimum atomic E-state index is 0.207. The number of carbonyl (C=O) groups excluding carboxylic acids is 1. The van der Waals surface area contributed by atoms with Crippen molar-refractivity contribution in [1.82, 2.24) is 9.88 Å². The van der Waals surface area contributed by atoms with E-state index in [0.717, 1.165) is 25.9 Å². The molecule has 0 saturated carbocycles. The van der Waals surface area contributed by atoms with E-state index in [1.807, 2.05) is 0 Å². The maximum Gasteiger partial charge on any atom is 0.220 e. The van der Waals surface area contributed by atoms with Gasteiger partial charge in [-0.2, -0.15) is 0 Å². The number of aromatic nitrogens is 1. The molecule has 1 aliphatic heterocycles. The first kappa shape index (κ1) is 15.1. The molecule has 0 fully saturated rings. The third-order valence-corrected chi connectivity index (χ3v) is 4.64. The third-order valence-electron chi connectivity index (χ3n) is 4.64. The number of hydrogen-bond donors (Lipinski definition) is 1. The van der Waals surface area contributed by atoms with Gasteiger partial charge in [-0.05, 0) is 30.9 Å². The smallest absolute Gasteiger partial charge is 0.220 e. The van der Waals surface area contributed by atoms with Crippen molar-refractivity contribution >= 4 is 16.8 Å². The summed E-state index contributed by atoms with van der Waals surface area (Å²) < 4.78 is 2.39. The summed E-state index contributed by atoms with van der Waals surface area (Å²) in [6.45, 7) is 1.85. The number of hydrogen-bond acceptors (Lipinski definition) is 1. The molecule has 1 amide bonds. The Balaban J connectivity index is 1.79. The lowest BCUT2D eigenvalue weighted by Gasteiger charge is -2.06. The van der Waals surface area contributed by atoms with Crippen molar-refractivity contribution in [1.29, 1.82) is 0 Å². The fourth-order valence-electron chi connectivity index (χ4n) is 3.41. The van der Waals surface area contributed by atoms with Crippen LogP contribution in [0.25, 0.3) is 10.9 Å². The average molecular weight is 298 g/mol. The fourth-order valence-corrected chi connectivity index (χ4v) is 3.41. The van der Waals surface area contributed by atoms with E-state index in [1.54, 1.807) is 0 Å². The summed E-state index contributed by atoms with van der Waals surface area (Å²) in [5.41, 5.74) is 2.68. The van der Waals surface area contributed by atoms with E-state index >= 15 is 0 Å². The molecule has 2 aromatic rings. The van der Waals surface area contributed by atoms with E-state index in [9.17, 15) is 4.79 Å². The largest absolute Gasteiger partial charge is 0.356 e. The van der Waals surface area contributed by atoms with Gasteiger partial charge in [-0.1, -0.05) is 43.9 Å². The van der Waals surface area contributed by atoms with Gasteiger partial charge in [0.15, 0.2) is 0 Å². The van der Waals surface area contributed by atoms with Gasteiger partial charge in [0, 0.05) is 36.6 Å². The highest BCUT2D eigenvalue weighted by atomic mass is 16.1. The minimum Gasteiger partial charge on any atom is -0.356 e. The zero-order valence-corrected chi connectivity index (χ0v) is 13.3. The molecular weight excluding hydrogens is 272 g/mol. The number of para-hydroxylation sites is 1. The normalized spacial score (nSPS) is 18.5. The van der Waals surface area contributed by atoms with E-state index in [-0.39, 0.29) is 5.91 Å². The molecular formula is C19H26N2O. The number of fused-ring (bicyclic) bond motifs is 5. The number of aryl methyl sites for hydroxylation is 1. The van der Waals surface area contributed by atoms with E-state index in [1.165, 1.54) is 48.6 Å². The predicted octanol–water partition coefficient (Wildman–Crippen LogP) is 4.04. The highest BCUT2D eigenvalue weighted by Crippen LogP contribution is 2.22. The van der Waals surface area contributed by atoms with Gasteiger partial charge in [0.25, 0.3) is 0 Å². The monoisotopic (exact) mass is 298 g/mol. The fraction of sp³-hybridized carbons (Fsp3) is 0.526. The first-order valence-electron chi connectivity index (χ1n) is 8.68. The standard InChI is InChI=1S/C19H26N2O/c22-19-11-5-3-1-2-4-8-14-21-15-16(12-13-20-19)17-9-6-7-10-18(17)21/h6-7,9-10,15H,1-5,8,11-14H2,(H,20,22). The summed E-state index contributed by atoms with van der Waals surface area (Å²) in [4.78, 5) is 11.8. The summed E-state index contributed by atoms with van der Waals surface area (Å²) in [6.07, 6.45) is 11.2. The summed E-state index contributed by atoms with van der Waals surface area (Å²) in [5.74, 6) is 0.207. The number of carbonyl (C=O) groups is 1. The summed E-state index contributed by atoms with van der Waals surface area (Å²) in [7, 11) is 0. The maximum atomic E-state index is 11.8. The van der Waals surface area contributed by atoms with E-state index in [0.29, 0.717) is 6.42 Å². The number of benzene rings is 1. The van der Waals surface area contributed by atoms with E-state index in [4.69, 9.17) is 0 Å². The highest BCUT2D eigenvalue weighted by molar-refractivity contribution is 5.84. The Morgan fingerprint density at radius 3 is 2.59 bits per heavy atom. The van der Waals surface area contributed by atoms with E-state index < -0.39 is 0 Å². The van der Waals surface area contributed by atoms with Crippen molar-refractivity contribution < 1.29 is 4.79 Å². The van der Waals surface area contributed by atoms with Gasteiger partial charge in [-0.25, -0.2) is 0 Å². The Morgan fingerprint density at radius 1 is 0.909 bits per heavy atom. The van der Waals surface area contributed by atoms with Gasteiger partial charge in [0.2, 0.25) is 5.91 Å². The molecule has 0 aliphatic carbocycles. The molecule has 2 bridgehead atoms. The van der Waals surface area contributed by atoms with Gasteiger partial charge in [-0.15, -0.1) is 0 Å². The van der Waals surface area contributed by atoms with Crippen molar-refractivity contribution in [2.45, 2.75) is 57.9 Å². The van der Waals surface area contributed by atoms with Crippen LogP contribution in [-0.2, 0) is 17.8 Å². The first-order valence-corrected chi connectivity index (χ1v) is 8.68. The van der Waals surface area contributed by atoms with Gasteiger partial charge >= 0.3 is 0 Å². The second kappa shape index (κ2) is 7.48. The number of nitrogens with zero attached hydrogens (tertiary/aromatic N) is 1. The molecule has 2 heterocycles. The molecule has 3 rings (SSSR count). The summed E-state index contributed by atoms with van der Waals surface area (Å²) in [6, 6.07) is 8.63. The molecule has 1 aromatic heterocycles. The Labute approximate surface area is 132 Å². The van der Waals surface area contributed by atoms with Crippen LogP contribution in [0, 0.1) is 0 Å². The maximum absolute atomic E-state index is 11.8. The van der Waals surface area contributed by atoms with Crippen LogP contribution < -0.4 is 5.32 Å². The second-order valence-corrected chi connectivity index (χ2v) is 6.34. The number of rotatable bonds is 0. The quantitative estimate of drug-likeness (QED) is 0.782. The van der Waals surface area contributed by atoms with Crippen molar-refractivity contribution in [3.05, 3.63) is 36.0 Å². The molecule has 0 unspecified atom stereocenters. The van der Waals surface area contributed by atoms with Crippen LogP contribution in [0.4, 0.5) is 0 Å². The zero-order chi connectivity index (χ0) is 15.2. The Morgan fingerprint density at radius 2 is 1.68 bits per heavy atom. The predicted molar refractivity (Wildman–Crippen MR) is 91.0 cm³/mol. The molecule has 0 radical (unpaired) electrons. The molecule has 3 nitrogen and oxygen atoms in total. The van der Waals surface area contributed by atoms with Crippen LogP contribution in [0.2, 0.25) is 0 Å². The molecule has 0 atom stereocenters. The van der Waals surface area contributed by atoms with Gasteiger partial charge in [-0.3, -0.25) is 4.79 Å². The molecule has 1 N–H and O–H groups in total. The molecule has 118 valence electrons. The molecule has 0 spiro atoms. The SMILES string of the molecule is O=C1CCCCCCCCn2cc(c3ccccc32)CCN1. The first-order chi connectivity index (χ1) is 10.8. The Kier molecular flexibility index (Phi) is 5.15. The lowest BCUT2D eigenvalue weighted by atomic mass is 10.1. The van der Waals surface area contributed by atoms with E-state index in [2.05, 4.69) is 40.3 Å². The Hall–Kier alpha value is -1.77. The van der Waals surface area contributed by atoms with Crippen molar-refractivity contribution in [3.8, 4) is 0 Å².